The Morgan fingerprint density at radius 1 is 0.820 bits per heavy atom. The Morgan fingerprint density at radius 3 is 2.13 bits per heavy atom. The van der Waals surface area contributed by atoms with Crippen LogP contribution in [0.25, 0.3) is 0 Å². The lowest BCUT2D eigenvalue weighted by Crippen LogP contribution is -2.54. The lowest BCUT2D eigenvalue weighted by molar-refractivity contribution is -0.138. The summed E-state index contributed by atoms with van der Waals surface area (Å²) in [5.41, 5.74) is 1.47. The van der Waals surface area contributed by atoms with Crippen LogP contribution in [0.3, 0.4) is 0 Å². The summed E-state index contributed by atoms with van der Waals surface area (Å²) >= 11 is 0. The molecule has 1 N–H and O–H groups in total. The smallest absolute Gasteiger partial charge is 0.417 e. The molecular weight excluding hydrogens is 794 g/mol. The molecular formula is C44H45F3N8O6. The maximum atomic E-state index is 13.8. The number of ether oxygens (including phenoxy) is 1. The minimum Gasteiger partial charge on any atom is -0.474 e. The number of anilines is 2. The Morgan fingerprint density at radius 2 is 1.48 bits per heavy atom. The summed E-state index contributed by atoms with van der Waals surface area (Å²) in [6.45, 7) is 6.20. The van der Waals surface area contributed by atoms with E-state index in [0.717, 1.165) is 100 Å². The van der Waals surface area contributed by atoms with Gasteiger partial charge in [0.15, 0.2) is 0 Å². The summed E-state index contributed by atoms with van der Waals surface area (Å²) in [6, 6.07) is 14.2. The third-order valence-electron chi connectivity index (χ3n) is 13.3. The van der Waals surface area contributed by atoms with Gasteiger partial charge in [0.05, 0.1) is 22.3 Å². The van der Waals surface area contributed by atoms with Gasteiger partial charge in [0.25, 0.3) is 17.7 Å². The van der Waals surface area contributed by atoms with Crippen molar-refractivity contribution in [2.24, 2.45) is 5.92 Å². The van der Waals surface area contributed by atoms with Gasteiger partial charge in [-0.15, -0.1) is 0 Å². The standard InChI is InChI=1S/C44H45F3N8O6/c45-44(46,47)36-22-39(49-24-28(36)23-48)61-33-19-31-5-6-32(20-33)54(31)41(58)27-1-3-29(4-2-27)53-17-15-51(16-18-53)25-26-11-13-52(14-12-26)30-7-8-34-35(21-30)43(60)55(42(34)59)37-9-10-38(56)50-40(37)57/h1-4,7-8,21-22,24,26,31-33,37H,5-6,9-20,25H2,(H,50,56,57)/t31-,32+,33?,37?. The van der Waals surface area contributed by atoms with Gasteiger partial charge in [-0.1, -0.05) is 0 Å². The first-order valence-electron chi connectivity index (χ1n) is 21.0. The van der Waals surface area contributed by atoms with Crippen molar-refractivity contribution in [1.82, 2.24) is 25.0 Å². The maximum absolute atomic E-state index is 13.8. The molecule has 2 unspecified atom stereocenters. The van der Waals surface area contributed by atoms with Crippen LogP contribution in [-0.2, 0) is 15.8 Å². The monoisotopic (exact) mass is 838 g/mol. The van der Waals surface area contributed by atoms with Crippen LogP contribution in [-0.4, -0.2) is 119 Å². The summed E-state index contributed by atoms with van der Waals surface area (Å²) in [5, 5.41) is 11.3. The van der Waals surface area contributed by atoms with Crippen molar-refractivity contribution >= 4 is 40.9 Å². The summed E-state index contributed by atoms with van der Waals surface area (Å²) < 4.78 is 46.4. The molecule has 17 heteroatoms. The number of carbonyl (C=O) groups excluding carboxylic acids is 5. The molecule has 4 atom stereocenters. The van der Waals surface area contributed by atoms with Crippen molar-refractivity contribution in [2.45, 2.75) is 81.8 Å². The predicted octanol–water partition coefficient (Wildman–Crippen LogP) is 4.63. The minimum atomic E-state index is -4.70. The second-order valence-corrected chi connectivity index (χ2v) is 16.9. The summed E-state index contributed by atoms with van der Waals surface area (Å²) in [7, 11) is 0. The van der Waals surface area contributed by atoms with E-state index in [-0.39, 0.29) is 42.3 Å². The number of nitrogens with one attached hydrogen (secondary N) is 1. The van der Waals surface area contributed by atoms with Gasteiger partial charge < -0.3 is 19.4 Å². The Balaban J connectivity index is 0.731. The molecule has 5 fully saturated rings. The number of nitriles is 1. The summed E-state index contributed by atoms with van der Waals surface area (Å²) in [6.07, 6.45) is 0.536. The van der Waals surface area contributed by atoms with Gasteiger partial charge in [-0.2, -0.15) is 18.4 Å². The molecule has 1 aromatic heterocycles. The van der Waals surface area contributed by atoms with Crippen molar-refractivity contribution in [1.29, 1.82) is 5.26 Å². The highest BCUT2D eigenvalue weighted by atomic mass is 19.4. The van der Waals surface area contributed by atoms with E-state index < -0.39 is 53.1 Å². The van der Waals surface area contributed by atoms with Crippen LogP contribution < -0.4 is 19.9 Å². The normalized spacial score (nSPS) is 24.8. The van der Waals surface area contributed by atoms with Crippen LogP contribution in [0.4, 0.5) is 24.5 Å². The average molecular weight is 839 g/mol. The molecule has 6 aliphatic heterocycles. The number of amides is 5. The van der Waals surface area contributed by atoms with Gasteiger partial charge in [0.1, 0.15) is 18.2 Å². The van der Waals surface area contributed by atoms with Gasteiger partial charge in [-0.3, -0.25) is 39.1 Å². The second kappa shape index (κ2) is 16.1. The van der Waals surface area contributed by atoms with E-state index in [1.165, 1.54) is 6.07 Å². The highest BCUT2D eigenvalue weighted by Gasteiger charge is 2.46. The lowest BCUT2D eigenvalue weighted by Gasteiger charge is -2.40. The number of pyridine rings is 1. The van der Waals surface area contributed by atoms with Crippen molar-refractivity contribution in [3.63, 3.8) is 0 Å². The molecule has 2 bridgehead atoms. The first kappa shape index (κ1) is 40.4. The maximum Gasteiger partial charge on any atom is 0.417 e. The molecule has 5 saturated heterocycles. The molecule has 318 valence electrons. The van der Waals surface area contributed by atoms with Gasteiger partial charge in [0.2, 0.25) is 17.7 Å². The number of fused-ring (bicyclic) bond motifs is 3. The van der Waals surface area contributed by atoms with Crippen LogP contribution >= 0.6 is 0 Å². The highest BCUT2D eigenvalue weighted by molar-refractivity contribution is 6.23. The molecule has 0 saturated carbocycles. The zero-order valence-electron chi connectivity index (χ0n) is 33.4. The minimum absolute atomic E-state index is 0.0552. The number of benzene rings is 2. The van der Waals surface area contributed by atoms with E-state index in [0.29, 0.717) is 29.9 Å². The quantitative estimate of drug-likeness (QED) is 0.316. The number of carbonyl (C=O) groups is 5. The zero-order valence-corrected chi connectivity index (χ0v) is 33.4. The van der Waals surface area contributed by atoms with Crippen LogP contribution in [0.15, 0.2) is 54.7 Å². The van der Waals surface area contributed by atoms with Crippen LogP contribution in [0.2, 0.25) is 0 Å². The fraction of sp³-hybridized carbons (Fsp3) is 0.477. The van der Waals surface area contributed by atoms with Crippen molar-refractivity contribution < 1.29 is 41.9 Å². The summed E-state index contributed by atoms with van der Waals surface area (Å²) in [5.74, 6) is -1.74. The van der Waals surface area contributed by atoms with Gasteiger partial charge in [-0.25, -0.2) is 4.98 Å². The van der Waals surface area contributed by atoms with Crippen LogP contribution in [0.5, 0.6) is 5.88 Å². The predicted molar refractivity (Wildman–Crippen MR) is 214 cm³/mol. The van der Waals surface area contributed by atoms with E-state index in [9.17, 15) is 37.1 Å². The molecule has 3 aromatic rings. The lowest BCUT2D eigenvalue weighted by atomic mass is 9.95. The molecule has 2 aromatic carbocycles. The van der Waals surface area contributed by atoms with Crippen molar-refractivity contribution in [3.8, 4) is 11.9 Å². The Kier molecular flexibility index (Phi) is 10.7. The van der Waals surface area contributed by atoms with Crippen molar-refractivity contribution in [2.75, 3.05) is 55.6 Å². The second-order valence-electron chi connectivity index (χ2n) is 16.9. The van der Waals surface area contributed by atoms with E-state index in [1.807, 2.05) is 35.2 Å². The number of hydrogen-bond acceptors (Lipinski definition) is 11. The van der Waals surface area contributed by atoms with E-state index >= 15 is 0 Å². The number of alkyl halides is 3. The molecule has 0 radical (unpaired) electrons. The number of halogens is 3. The SMILES string of the molecule is N#Cc1cnc(OC2C[C@H]3CC[C@@H](C2)N3C(=O)c2ccc(N3CCN(CC4CCN(c5ccc6c(c5)C(=O)N(C5CCC(=O)NC5=O)C6=O)CC4)CC3)cc2)cc1C(F)(F)F. The fourth-order valence-electron chi connectivity index (χ4n) is 10.1. The molecule has 6 aliphatic rings. The molecule has 61 heavy (non-hydrogen) atoms. The van der Waals surface area contributed by atoms with Crippen molar-refractivity contribution in [3.05, 3.63) is 82.5 Å². The third kappa shape index (κ3) is 7.89. The number of piperidine rings is 3. The zero-order chi connectivity index (χ0) is 42.6. The number of nitrogens with zero attached hydrogens (tertiary/aromatic N) is 7. The molecule has 7 heterocycles. The summed E-state index contributed by atoms with van der Waals surface area (Å²) in [4.78, 5) is 78.2. The first-order valence-corrected chi connectivity index (χ1v) is 21.0. The van der Waals surface area contributed by atoms with Gasteiger partial charge in [0, 0.05) is 106 Å². The van der Waals surface area contributed by atoms with E-state index in [2.05, 4.69) is 25.0 Å². The fourth-order valence-corrected chi connectivity index (χ4v) is 10.1. The highest BCUT2D eigenvalue weighted by Crippen LogP contribution is 2.40. The van der Waals surface area contributed by atoms with Crippen LogP contribution in [0.1, 0.15) is 93.6 Å². The van der Waals surface area contributed by atoms with Crippen LogP contribution in [0, 0.1) is 17.2 Å². The Labute approximate surface area is 350 Å². The third-order valence-corrected chi connectivity index (χ3v) is 13.3. The number of rotatable bonds is 8. The first-order chi connectivity index (χ1) is 29.3. The average Bonchev–Trinajstić information content (AvgIpc) is 3.67. The number of piperazine rings is 1. The largest absolute Gasteiger partial charge is 0.474 e. The van der Waals surface area contributed by atoms with Gasteiger partial charge in [-0.05, 0) is 80.5 Å². The molecule has 5 amide bonds. The molecule has 0 aliphatic carbocycles. The molecule has 9 rings (SSSR count). The number of hydrogen-bond donors (Lipinski definition) is 1. The topological polar surface area (TPSA) is 159 Å². The van der Waals surface area contributed by atoms with E-state index in [1.54, 1.807) is 12.1 Å². The van der Waals surface area contributed by atoms with Gasteiger partial charge >= 0.3 is 6.18 Å². The Hall–Kier alpha value is -6.02. The van der Waals surface area contributed by atoms with E-state index in [4.69, 9.17) is 10.00 Å². The molecule has 14 nitrogen and oxygen atoms in total. The Bertz CT molecular complexity index is 2290. The number of imide groups is 2. The number of aromatic nitrogens is 1. The molecule has 0 spiro atoms.